The van der Waals surface area contributed by atoms with Crippen LogP contribution >= 0.6 is 0 Å². The number of benzene rings is 1. The molecule has 1 aliphatic rings. The van der Waals surface area contributed by atoms with Crippen molar-refractivity contribution in [1.29, 1.82) is 0 Å². The third kappa shape index (κ3) is 8.05. The average molecular weight is 443 g/mol. The van der Waals surface area contributed by atoms with Gasteiger partial charge in [0.25, 0.3) is 5.91 Å². The molecule has 0 aliphatic carbocycles. The monoisotopic (exact) mass is 443 g/mol. The lowest BCUT2D eigenvalue weighted by atomic mass is 9.98. The largest absolute Gasteiger partial charge is 0.490 e. The highest BCUT2D eigenvalue weighted by atomic mass is 19.4. The van der Waals surface area contributed by atoms with E-state index >= 15 is 0 Å². The predicted octanol–water partition coefficient (Wildman–Crippen LogP) is 2.64. The highest BCUT2D eigenvalue weighted by Gasteiger charge is 2.38. The third-order valence-corrected chi connectivity index (χ3v) is 4.82. The van der Waals surface area contributed by atoms with E-state index in [-0.39, 0.29) is 23.8 Å². The second-order valence-electron chi connectivity index (χ2n) is 7.24. The van der Waals surface area contributed by atoms with Crippen molar-refractivity contribution in [2.45, 2.75) is 51.9 Å². The molecule has 31 heavy (non-hydrogen) atoms. The zero-order chi connectivity index (χ0) is 23.8. The molecule has 10 heteroatoms. The lowest BCUT2D eigenvalue weighted by Gasteiger charge is -2.22. The minimum atomic E-state index is -5.08. The molecule has 172 valence electrons. The molecule has 7 nitrogen and oxygen atoms in total. The molecule has 0 aromatic heterocycles. The number of alkyl halides is 3. The van der Waals surface area contributed by atoms with Crippen molar-refractivity contribution in [3.8, 4) is 0 Å². The first-order valence-electron chi connectivity index (χ1n) is 9.82. The van der Waals surface area contributed by atoms with Crippen LogP contribution in [0.1, 0.15) is 32.8 Å². The van der Waals surface area contributed by atoms with Crippen LogP contribution in [0, 0.1) is 5.92 Å². The Balaban J connectivity index is 0.000000592. The Hall–Kier alpha value is -2.88. The fraction of sp³-hybridized carbons (Fsp3) is 0.476. The van der Waals surface area contributed by atoms with Gasteiger partial charge in [-0.15, -0.1) is 0 Å². The number of anilines is 1. The van der Waals surface area contributed by atoms with Gasteiger partial charge in [-0.3, -0.25) is 9.59 Å². The Morgan fingerprint density at radius 3 is 2.35 bits per heavy atom. The number of nitrogens with zero attached hydrogens (tertiary/aromatic N) is 1. The summed E-state index contributed by atoms with van der Waals surface area (Å²) < 4.78 is 31.7. The van der Waals surface area contributed by atoms with E-state index < -0.39 is 18.2 Å². The zero-order valence-electron chi connectivity index (χ0n) is 17.6. The number of nitrogens with one attached hydrogen (secondary N) is 1. The maximum absolute atomic E-state index is 12.5. The van der Waals surface area contributed by atoms with Gasteiger partial charge >= 0.3 is 12.1 Å². The topological polar surface area (TPSA) is 113 Å². The number of carbonyl (C=O) groups excluding carboxylic acids is 2. The number of hydrogen-bond donors (Lipinski definition) is 3. The summed E-state index contributed by atoms with van der Waals surface area (Å²) in [6.07, 6.45) is 0.0546. The van der Waals surface area contributed by atoms with Gasteiger partial charge in [0.1, 0.15) is 0 Å². The number of rotatable bonds is 6. The molecule has 0 spiro atoms. The molecule has 2 amide bonds. The molecule has 1 heterocycles. The molecule has 0 fully saturated rings. The van der Waals surface area contributed by atoms with E-state index in [9.17, 15) is 22.8 Å². The summed E-state index contributed by atoms with van der Waals surface area (Å²) in [5.41, 5.74) is 7.80. The maximum atomic E-state index is 12.5. The molecule has 1 aromatic rings. The number of fused-ring (bicyclic) bond motifs is 1. The summed E-state index contributed by atoms with van der Waals surface area (Å²) in [6.45, 7) is 6.45. The number of carboxylic acid groups (broad SMARTS) is 1. The van der Waals surface area contributed by atoms with E-state index in [0.717, 1.165) is 18.5 Å². The van der Waals surface area contributed by atoms with E-state index in [1.165, 1.54) is 5.56 Å². The fourth-order valence-electron chi connectivity index (χ4n) is 2.77. The van der Waals surface area contributed by atoms with Crippen LogP contribution in [0.5, 0.6) is 0 Å². The summed E-state index contributed by atoms with van der Waals surface area (Å²) in [6, 6.07) is 7.20. The molecular formula is C21H28F3N3O4. The van der Waals surface area contributed by atoms with E-state index in [0.29, 0.717) is 6.54 Å². The van der Waals surface area contributed by atoms with Crippen LogP contribution in [0.15, 0.2) is 36.4 Å². The molecule has 0 unspecified atom stereocenters. The van der Waals surface area contributed by atoms with E-state index in [4.69, 9.17) is 15.6 Å². The van der Waals surface area contributed by atoms with Crippen LogP contribution < -0.4 is 16.0 Å². The van der Waals surface area contributed by atoms with Crippen LogP contribution in [-0.4, -0.2) is 47.7 Å². The summed E-state index contributed by atoms with van der Waals surface area (Å²) in [5.74, 6) is -2.79. The Morgan fingerprint density at radius 1 is 1.26 bits per heavy atom. The molecule has 1 aliphatic heterocycles. The van der Waals surface area contributed by atoms with Gasteiger partial charge in [-0.05, 0) is 30.9 Å². The predicted molar refractivity (Wildman–Crippen MR) is 110 cm³/mol. The summed E-state index contributed by atoms with van der Waals surface area (Å²) in [7, 11) is 0. The van der Waals surface area contributed by atoms with Crippen LogP contribution in [0.3, 0.4) is 0 Å². The average Bonchev–Trinajstić information content (AvgIpc) is 3.14. The van der Waals surface area contributed by atoms with Crippen molar-refractivity contribution in [2.75, 3.05) is 11.4 Å². The number of carbonyl (C=O) groups is 3. The van der Waals surface area contributed by atoms with E-state index in [2.05, 4.69) is 18.3 Å². The standard InChI is InChI=1S/C19H27N3O2.C2HF3O2/c1-4-13(2)16(21-19(24)14(3)20)9-10-18(23)22-12-11-15-7-5-6-8-17(15)22;3-2(4,5)1(6)7/h5-10,13-14,16H,4,11-12,20H2,1-3H3,(H,21,24);(H,6,7)/b10-9+;/t13-,14-,16+;/m0./s1. The highest BCUT2D eigenvalue weighted by Crippen LogP contribution is 2.27. The third-order valence-electron chi connectivity index (χ3n) is 4.82. The lowest BCUT2D eigenvalue weighted by Crippen LogP contribution is -2.45. The molecule has 0 saturated heterocycles. The minimum Gasteiger partial charge on any atom is -0.475 e. The second-order valence-corrected chi connectivity index (χ2v) is 7.24. The number of nitrogens with two attached hydrogens (primary N) is 1. The Kier molecular flexibility index (Phi) is 9.70. The normalized spacial score (nSPS) is 16.0. The van der Waals surface area contributed by atoms with Gasteiger partial charge in [-0.25, -0.2) is 4.79 Å². The smallest absolute Gasteiger partial charge is 0.475 e. The van der Waals surface area contributed by atoms with Gasteiger partial charge in [0.2, 0.25) is 5.91 Å². The van der Waals surface area contributed by atoms with Crippen molar-refractivity contribution in [1.82, 2.24) is 5.32 Å². The van der Waals surface area contributed by atoms with E-state index in [1.54, 1.807) is 24.0 Å². The first kappa shape index (κ1) is 26.2. The first-order chi connectivity index (χ1) is 14.4. The van der Waals surface area contributed by atoms with Gasteiger partial charge in [0.05, 0.1) is 12.1 Å². The number of para-hydroxylation sites is 1. The quantitative estimate of drug-likeness (QED) is 0.585. The molecule has 3 atom stereocenters. The number of halogens is 3. The molecule has 4 N–H and O–H groups in total. The molecule has 1 aromatic carbocycles. The maximum Gasteiger partial charge on any atom is 0.490 e. The van der Waals surface area contributed by atoms with Crippen LogP contribution in [0.25, 0.3) is 0 Å². The van der Waals surface area contributed by atoms with Crippen molar-refractivity contribution in [3.63, 3.8) is 0 Å². The van der Waals surface area contributed by atoms with Crippen molar-refractivity contribution >= 4 is 23.5 Å². The SMILES string of the molecule is CC[C@H](C)[C@@H](/C=C/C(=O)N1CCc2ccccc21)NC(=O)[C@H](C)N.O=C(O)C(F)(F)F. The Morgan fingerprint density at radius 2 is 1.84 bits per heavy atom. The Bertz CT molecular complexity index is 809. The van der Waals surface area contributed by atoms with E-state index in [1.807, 2.05) is 25.1 Å². The number of carboxylic acids is 1. The zero-order valence-corrected chi connectivity index (χ0v) is 17.6. The van der Waals surface area contributed by atoms with Gasteiger partial charge in [0, 0.05) is 18.3 Å². The summed E-state index contributed by atoms with van der Waals surface area (Å²) >= 11 is 0. The molecule has 0 bridgehead atoms. The van der Waals surface area contributed by atoms with Gasteiger partial charge in [0.15, 0.2) is 0 Å². The molecule has 0 radical (unpaired) electrons. The van der Waals surface area contributed by atoms with Gasteiger partial charge < -0.3 is 21.1 Å². The van der Waals surface area contributed by atoms with Gasteiger partial charge in [-0.2, -0.15) is 13.2 Å². The Labute approximate surface area is 179 Å². The van der Waals surface area contributed by atoms with Gasteiger partial charge in [-0.1, -0.05) is 44.5 Å². The van der Waals surface area contributed by atoms with Crippen molar-refractivity contribution < 1.29 is 32.7 Å². The number of aliphatic carboxylic acids is 1. The number of hydrogen-bond acceptors (Lipinski definition) is 4. The van der Waals surface area contributed by atoms with Crippen molar-refractivity contribution in [3.05, 3.63) is 42.0 Å². The molecular weight excluding hydrogens is 415 g/mol. The number of amides is 2. The van der Waals surface area contributed by atoms with Crippen LogP contribution in [-0.2, 0) is 20.8 Å². The highest BCUT2D eigenvalue weighted by molar-refractivity contribution is 6.03. The molecule has 2 rings (SSSR count). The fourth-order valence-corrected chi connectivity index (χ4v) is 2.77. The van der Waals surface area contributed by atoms with Crippen LogP contribution in [0.4, 0.5) is 18.9 Å². The minimum absolute atomic E-state index is 0.0525. The summed E-state index contributed by atoms with van der Waals surface area (Å²) in [5, 5.41) is 10.0. The summed E-state index contributed by atoms with van der Waals surface area (Å²) in [4.78, 5) is 35.1. The second kappa shape index (κ2) is 11.5. The van der Waals surface area contributed by atoms with Crippen LogP contribution in [0.2, 0.25) is 0 Å². The molecule has 0 saturated carbocycles. The van der Waals surface area contributed by atoms with Crippen molar-refractivity contribution in [2.24, 2.45) is 11.7 Å². The lowest BCUT2D eigenvalue weighted by molar-refractivity contribution is -0.192. The first-order valence-corrected chi connectivity index (χ1v) is 9.82.